The average Bonchev–Trinajstić information content (AvgIpc) is 3.27. The molecule has 1 fully saturated rings. The minimum Gasteiger partial charge on any atom is -0.371 e. The van der Waals surface area contributed by atoms with Gasteiger partial charge in [0.1, 0.15) is 0 Å². The van der Waals surface area contributed by atoms with Crippen molar-refractivity contribution in [3.05, 3.63) is 64.3 Å². The Kier molecular flexibility index (Phi) is 5.64. The summed E-state index contributed by atoms with van der Waals surface area (Å²) < 4.78 is 5.20. The normalized spacial score (nSPS) is 13.8. The number of carbonyl (C=O) groups excluding carboxylic acids is 1. The molecule has 10 nitrogen and oxygen atoms in total. The van der Waals surface area contributed by atoms with Crippen molar-refractivity contribution in [2.24, 2.45) is 0 Å². The third-order valence-corrected chi connectivity index (χ3v) is 4.94. The van der Waals surface area contributed by atoms with Crippen molar-refractivity contribution in [2.45, 2.75) is 25.8 Å². The van der Waals surface area contributed by atoms with Crippen molar-refractivity contribution in [1.29, 1.82) is 0 Å². The van der Waals surface area contributed by atoms with E-state index >= 15 is 0 Å². The van der Waals surface area contributed by atoms with E-state index in [0.717, 1.165) is 37.9 Å². The Bertz CT molecular complexity index is 1050. The SMILES string of the molecule is O=C(NCc1nc(-c2ccncc2)no1)c1cc([N+](=O)[O-])ccc1N1CCCCC1. The van der Waals surface area contributed by atoms with E-state index in [1.54, 1.807) is 30.6 Å². The van der Waals surface area contributed by atoms with Gasteiger partial charge in [-0.1, -0.05) is 5.16 Å². The maximum atomic E-state index is 12.9. The number of non-ortho nitro benzene ring substituents is 1. The van der Waals surface area contributed by atoms with Crippen LogP contribution in [0.2, 0.25) is 0 Å². The fourth-order valence-electron chi connectivity index (χ4n) is 3.43. The summed E-state index contributed by atoms with van der Waals surface area (Å²) in [4.78, 5) is 33.9. The van der Waals surface area contributed by atoms with Crippen LogP contribution in [0.3, 0.4) is 0 Å². The molecule has 154 valence electrons. The van der Waals surface area contributed by atoms with Gasteiger partial charge < -0.3 is 14.7 Å². The summed E-state index contributed by atoms with van der Waals surface area (Å²) in [5, 5.41) is 17.8. The Hall–Kier alpha value is -3.82. The fraction of sp³-hybridized carbons (Fsp3) is 0.300. The van der Waals surface area contributed by atoms with Gasteiger partial charge in [0.25, 0.3) is 11.6 Å². The highest BCUT2D eigenvalue weighted by molar-refractivity contribution is 6.00. The number of nitrogens with zero attached hydrogens (tertiary/aromatic N) is 5. The third kappa shape index (κ3) is 4.27. The molecule has 0 saturated carbocycles. The lowest BCUT2D eigenvalue weighted by atomic mass is 10.1. The predicted molar refractivity (Wildman–Crippen MR) is 108 cm³/mol. The smallest absolute Gasteiger partial charge is 0.270 e. The zero-order valence-electron chi connectivity index (χ0n) is 16.2. The number of hydrogen-bond acceptors (Lipinski definition) is 8. The Morgan fingerprint density at radius 2 is 1.93 bits per heavy atom. The van der Waals surface area contributed by atoms with E-state index in [-0.39, 0.29) is 23.7 Å². The molecule has 1 saturated heterocycles. The number of rotatable bonds is 6. The molecule has 3 aromatic rings. The van der Waals surface area contributed by atoms with Crippen molar-refractivity contribution in [1.82, 2.24) is 20.4 Å². The topological polar surface area (TPSA) is 127 Å². The fourth-order valence-corrected chi connectivity index (χ4v) is 3.43. The molecule has 0 aliphatic carbocycles. The molecular formula is C20H20N6O4. The van der Waals surface area contributed by atoms with Gasteiger partial charge in [0.05, 0.1) is 22.7 Å². The second-order valence-electron chi connectivity index (χ2n) is 6.94. The number of pyridine rings is 1. The summed E-state index contributed by atoms with van der Waals surface area (Å²) in [6, 6.07) is 7.89. The van der Waals surface area contributed by atoms with Gasteiger partial charge in [-0.05, 0) is 37.5 Å². The average molecular weight is 408 g/mol. The second kappa shape index (κ2) is 8.68. The summed E-state index contributed by atoms with van der Waals surface area (Å²) in [6.07, 6.45) is 6.44. The standard InChI is InChI=1S/C20H20N6O4/c27-20(22-13-18-23-19(24-30-18)14-6-8-21-9-7-14)16-12-15(26(28)29)4-5-17(16)25-10-2-1-3-11-25/h4-9,12H,1-3,10-11,13H2,(H,22,27). The summed E-state index contributed by atoms with van der Waals surface area (Å²) in [5.74, 6) is 0.203. The molecule has 1 amide bonds. The molecule has 1 aromatic carbocycles. The highest BCUT2D eigenvalue weighted by atomic mass is 16.6. The molecule has 0 unspecified atom stereocenters. The van der Waals surface area contributed by atoms with Crippen molar-refractivity contribution in [2.75, 3.05) is 18.0 Å². The number of nitrogens with one attached hydrogen (secondary N) is 1. The van der Waals surface area contributed by atoms with Gasteiger partial charge in [0.15, 0.2) is 0 Å². The van der Waals surface area contributed by atoms with Gasteiger partial charge in [0, 0.05) is 43.2 Å². The number of nitro benzene ring substituents is 1. The van der Waals surface area contributed by atoms with Crippen molar-refractivity contribution in [3.63, 3.8) is 0 Å². The first-order chi connectivity index (χ1) is 14.6. The molecule has 0 radical (unpaired) electrons. The summed E-state index contributed by atoms with van der Waals surface area (Å²) >= 11 is 0. The highest BCUT2D eigenvalue weighted by Crippen LogP contribution is 2.28. The Morgan fingerprint density at radius 1 is 1.17 bits per heavy atom. The first-order valence-corrected chi connectivity index (χ1v) is 9.66. The van der Waals surface area contributed by atoms with Crippen LogP contribution in [0.5, 0.6) is 0 Å². The monoisotopic (exact) mass is 408 g/mol. The minimum absolute atomic E-state index is 0.0129. The van der Waals surface area contributed by atoms with Gasteiger partial charge in [-0.2, -0.15) is 4.98 Å². The van der Waals surface area contributed by atoms with Crippen LogP contribution in [-0.2, 0) is 6.54 Å². The molecule has 4 rings (SSSR count). The van der Waals surface area contributed by atoms with Crippen LogP contribution < -0.4 is 10.2 Å². The molecule has 10 heteroatoms. The number of nitro groups is 1. The molecule has 1 aliphatic rings. The van der Waals surface area contributed by atoms with Crippen LogP contribution in [-0.4, -0.2) is 39.0 Å². The number of piperidine rings is 1. The number of carbonyl (C=O) groups is 1. The van der Waals surface area contributed by atoms with E-state index in [0.29, 0.717) is 11.5 Å². The van der Waals surface area contributed by atoms with Gasteiger partial charge in [0.2, 0.25) is 11.7 Å². The highest BCUT2D eigenvalue weighted by Gasteiger charge is 2.22. The summed E-state index contributed by atoms with van der Waals surface area (Å²) in [7, 11) is 0. The van der Waals surface area contributed by atoms with E-state index < -0.39 is 10.8 Å². The Morgan fingerprint density at radius 3 is 2.67 bits per heavy atom. The molecule has 0 bridgehead atoms. The molecular weight excluding hydrogens is 388 g/mol. The van der Waals surface area contributed by atoms with E-state index in [1.165, 1.54) is 12.1 Å². The summed E-state index contributed by atoms with van der Waals surface area (Å²) in [6.45, 7) is 1.65. The maximum Gasteiger partial charge on any atom is 0.270 e. The van der Waals surface area contributed by atoms with E-state index in [2.05, 4.69) is 25.3 Å². The molecule has 2 aromatic heterocycles. The molecule has 0 spiro atoms. The van der Waals surface area contributed by atoms with Gasteiger partial charge in [-0.15, -0.1) is 0 Å². The molecule has 0 atom stereocenters. The largest absolute Gasteiger partial charge is 0.371 e. The van der Waals surface area contributed by atoms with Gasteiger partial charge >= 0.3 is 0 Å². The first-order valence-electron chi connectivity index (χ1n) is 9.66. The van der Waals surface area contributed by atoms with Crippen LogP contribution in [0.15, 0.2) is 47.2 Å². The summed E-state index contributed by atoms with van der Waals surface area (Å²) in [5.41, 5.74) is 1.58. The lowest BCUT2D eigenvalue weighted by Crippen LogP contribution is -2.32. The van der Waals surface area contributed by atoms with Gasteiger partial charge in [-0.25, -0.2) is 0 Å². The second-order valence-corrected chi connectivity index (χ2v) is 6.94. The van der Waals surface area contributed by atoms with Crippen LogP contribution in [0.1, 0.15) is 35.5 Å². The van der Waals surface area contributed by atoms with E-state index in [1.807, 2.05) is 0 Å². The van der Waals surface area contributed by atoms with Crippen LogP contribution in [0, 0.1) is 10.1 Å². The van der Waals surface area contributed by atoms with Gasteiger partial charge in [-0.3, -0.25) is 19.9 Å². The quantitative estimate of drug-likeness (QED) is 0.487. The Balaban J connectivity index is 1.51. The number of anilines is 1. The number of benzene rings is 1. The van der Waals surface area contributed by atoms with Crippen LogP contribution in [0.25, 0.3) is 11.4 Å². The zero-order valence-corrected chi connectivity index (χ0v) is 16.2. The van der Waals surface area contributed by atoms with E-state index in [9.17, 15) is 14.9 Å². The first kappa shape index (κ1) is 19.5. The molecule has 30 heavy (non-hydrogen) atoms. The minimum atomic E-state index is -0.504. The third-order valence-electron chi connectivity index (χ3n) is 4.94. The molecule has 1 aliphatic heterocycles. The van der Waals surface area contributed by atoms with Crippen molar-refractivity contribution in [3.8, 4) is 11.4 Å². The number of hydrogen-bond donors (Lipinski definition) is 1. The Labute approximate surface area is 172 Å². The zero-order chi connectivity index (χ0) is 20.9. The lowest BCUT2D eigenvalue weighted by Gasteiger charge is -2.30. The van der Waals surface area contributed by atoms with Crippen molar-refractivity contribution < 1.29 is 14.2 Å². The van der Waals surface area contributed by atoms with Crippen molar-refractivity contribution >= 4 is 17.3 Å². The maximum absolute atomic E-state index is 12.9. The molecule has 3 heterocycles. The predicted octanol–water partition coefficient (Wildman–Crippen LogP) is 2.96. The van der Waals surface area contributed by atoms with Crippen LogP contribution in [0.4, 0.5) is 11.4 Å². The van der Waals surface area contributed by atoms with E-state index in [4.69, 9.17) is 4.52 Å². The number of aromatic nitrogens is 3. The number of amides is 1. The lowest BCUT2D eigenvalue weighted by molar-refractivity contribution is -0.384. The molecule has 1 N–H and O–H groups in total. The van der Waals surface area contributed by atoms with Crippen LogP contribution >= 0.6 is 0 Å².